The molecule has 1 aliphatic carbocycles. The van der Waals surface area contributed by atoms with Crippen LogP contribution < -0.4 is 15.7 Å². The Morgan fingerprint density at radius 2 is 1.35 bits per heavy atom. The van der Waals surface area contributed by atoms with Gasteiger partial charge in [-0.15, -0.1) is 0 Å². The van der Waals surface area contributed by atoms with Crippen molar-refractivity contribution in [2.75, 3.05) is 11.9 Å². The number of carbonyl (C=O) groups excluding carboxylic acids is 1. The van der Waals surface area contributed by atoms with Crippen LogP contribution in [0, 0.1) is 5.41 Å². The van der Waals surface area contributed by atoms with E-state index in [1.165, 1.54) is 10.4 Å². The molecule has 1 aliphatic rings. The first kappa shape index (κ1) is 28.5. The molecular formula is C31H37NO3SSi. The molecule has 3 aromatic carbocycles. The Hall–Kier alpha value is -3.06. The summed E-state index contributed by atoms with van der Waals surface area (Å²) >= 11 is 5.21. The fourth-order valence-corrected chi connectivity index (χ4v) is 8.71. The summed E-state index contributed by atoms with van der Waals surface area (Å²) in [6, 6.07) is 31.2. The maximum Gasteiger partial charge on any atom is 0.169 e. The summed E-state index contributed by atoms with van der Waals surface area (Å²) in [6.45, 7) is 8.72. The second-order valence-electron chi connectivity index (χ2n) is 11.0. The van der Waals surface area contributed by atoms with E-state index in [-0.39, 0.29) is 41.6 Å². The van der Waals surface area contributed by atoms with Crippen LogP contribution in [-0.4, -0.2) is 36.4 Å². The Labute approximate surface area is 227 Å². The van der Waals surface area contributed by atoms with E-state index in [2.05, 4.69) is 86.8 Å². The molecular weight excluding hydrogens is 494 g/mol. The number of para-hydroxylation sites is 1. The molecule has 1 atom stereocenters. The lowest BCUT2D eigenvalue weighted by Crippen LogP contribution is -2.48. The Bertz CT molecular complexity index is 1180. The molecule has 37 heavy (non-hydrogen) atoms. The van der Waals surface area contributed by atoms with Gasteiger partial charge in [-0.3, -0.25) is 4.79 Å². The Morgan fingerprint density at radius 3 is 1.76 bits per heavy atom. The number of Topliss-reactive ketones (excluding diaryl/α,β-unsaturated/α-hetero) is 1. The van der Waals surface area contributed by atoms with Gasteiger partial charge in [0.05, 0.1) is 5.57 Å². The number of rotatable bonds is 5. The van der Waals surface area contributed by atoms with Gasteiger partial charge in [0.15, 0.2) is 5.78 Å². The monoisotopic (exact) mass is 531 g/mol. The van der Waals surface area contributed by atoms with E-state index in [9.17, 15) is 15.0 Å². The average Bonchev–Trinajstić information content (AvgIpc) is 2.85. The van der Waals surface area contributed by atoms with E-state index in [0.29, 0.717) is 5.04 Å². The number of hydrogen-bond acceptors (Lipinski definition) is 4. The van der Waals surface area contributed by atoms with E-state index < -0.39 is 14.2 Å². The summed E-state index contributed by atoms with van der Waals surface area (Å²) in [4.78, 5) is 12.4. The molecule has 1 unspecified atom stereocenters. The SMILES string of the molecule is CC(C)(C)[SiH](c1ccccc1)c1ccccc1.CC1(CO)CC(=O)C(C(=S)Nc2ccccc2)=C(O)C1. The van der Waals surface area contributed by atoms with E-state index in [1.807, 2.05) is 30.3 Å². The van der Waals surface area contributed by atoms with Crippen LogP contribution in [0.3, 0.4) is 0 Å². The van der Waals surface area contributed by atoms with Crippen molar-refractivity contribution in [2.24, 2.45) is 5.41 Å². The largest absolute Gasteiger partial charge is 0.511 e. The smallest absolute Gasteiger partial charge is 0.169 e. The summed E-state index contributed by atoms with van der Waals surface area (Å²) in [6.07, 6.45) is 0.431. The van der Waals surface area contributed by atoms with E-state index >= 15 is 0 Å². The molecule has 6 heteroatoms. The zero-order valence-corrected chi connectivity index (χ0v) is 24.0. The first-order valence-electron chi connectivity index (χ1n) is 12.6. The Kier molecular flexibility index (Phi) is 9.60. The van der Waals surface area contributed by atoms with Crippen molar-refractivity contribution in [3.63, 3.8) is 0 Å². The molecule has 0 saturated carbocycles. The molecule has 194 valence electrons. The number of benzene rings is 3. The van der Waals surface area contributed by atoms with Gasteiger partial charge in [-0.1, -0.05) is 129 Å². The number of carbonyl (C=O) groups is 1. The van der Waals surface area contributed by atoms with Crippen molar-refractivity contribution >= 4 is 47.8 Å². The van der Waals surface area contributed by atoms with E-state index in [0.717, 1.165) is 5.69 Å². The van der Waals surface area contributed by atoms with Crippen LogP contribution in [0.25, 0.3) is 0 Å². The molecule has 0 aliphatic heterocycles. The van der Waals surface area contributed by atoms with E-state index in [4.69, 9.17) is 12.2 Å². The molecule has 4 rings (SSSR count). The first-order chi connectivity index (χ1) is 17.5. The molecule has 3 N–H and O–H groups in total. The number of allylic oxidation sites excluding steroid dienone is 1. The first-order valence-corrected chi connectivity index (χ1v) is 14.7. The van der Waals surface area contributed by atoms with E-state index in [1.54, 1.807) is 6.92 Å². The molecule has 3 aromatic rings. The lowest BCUT2D eigenvalue weighted by atomic mass is 9.75. The third kappa shape index (κ3) is 7.71. The highest BCUT2D eigenvalue weighted by atomic mass is 32.1. The van der Waals surface area contributed by atoms with Crippen molar-refractivity contribution in [3.8, 4) is 0 Å². The molecule has 0 heterocycles. The van der Waals surface area contributed by atoms with Gasteiger partial charge in [0.25, 0.3) is 0 Å². The average molecular weight is 532 g/mol. The van der Waals surface area contributed by atoms with Gasteiger partial charge in [-0.05, 0) is 17.2 Å². The normalized spacial score (nSPS) is 17.7. The summed E-state index contributed by atoms with van der Waals surface area (Å²) in [7, 11) is -1.14. The van der Waals surface area contributed by atoms with Crippen molar-refractivity contribution in [1.29, 1.82) is 0 Å². The lowest BCUT2D eigenvalue weighted by molar-refractivity contribution is -0.119. The molecule has 0 bridgehead atoms. The predicted octanol–water partition coefficient (Wildman–Crippen LogP) is 5.43. The number of hydrogen-bond donors (Lipinski definition) is 3. The van der Waals surface area contributed by atoms with Crippen LogP contribution in [0.2, 0.25) is 5.04 Å². The second-order valence-corrected chi connectivity index (χ2v) is 15.3. The van der Waals surface area contributed by atoms with Crippen molar-refractivity contribution in [3.05, 3.63) is 102 Å². The fourth-order valence-electron chi connectivity index (χ4n) is 4.76. The zero-order chi connectivity index (χ0) is 27.1. The topological polar surface area (TPSA) is 69.6 Å². The molecule has 0 radical (unpaired) electrons. The molecule has 0 saturated heterocycles. The molecule has 0 aromatic heterocycles. The minimum absolute atomic E-state index is 0.0498. The van der Waals surface area contributed by atoms with Crippen LogP contribution in [0.4, 0.5) is 5.69 Å². The van der Waals surface area contributed by atoms with Crippen molar-refractivity contribution in [1.82, 2.24) is 0 Å². The van der Waals surface area contributed by atoms with Crippen LogP contribution in [0.5, 0.6) is 0 Å². The highest BCUT2D eigenvalue weighted by molar-refractivity contribution is 7.81. The zero-order valence-electron chi connectivity index (χ0n) is 22.1. The van der Waals surface area contributed by atoms with Crippen LogP contribution >= 0.6 is 12.2 Å². The summed E-state index contributed by atoms with van der Waals surface area (Å²) in [5.41, 5.74) is 0.323. The second kappa shape index (κ2) is 12.5. The summed E-state index contributed by atoms with van der Waals surface area (Å²) in [5, 5.41) is 25.8. The number of thiocarbonyl (C=S) groups is 1. The number of aliphatic hydroxyl groups is 2. The predicted molar refractivity (Wildman–Crippen MR) is 161 cm³/mol. The van der Waals surface area contributed by atoms with Crippen LogP contribution in [0.15, 0.2) is 102 Å². The molecule has 0 amide bonds. The van der Waals surface area contributed by atoms with Gasteiger partial charge in [-0.25, -0.2) is 0 Å². The molecule has 0 fully saturated rings. The molecule has 4 nitrogen and oxygen atoms in total. The van der Waals surface area contributed by atoms with Gasteiger partial charge >= 0.3 is 0 Å². The van der Waals surface area contributed by atoms with Crippen molar-refractivity contribution in [2.45, 2.75) is 45.6 Å². The quantitative estimate of drug-likeness (QED) is 0.303. The third-order valence-corrected chi connectivity index (χ3v) is 10.7. The van der Waals surface area contributed by atoms with Gasteiger partial charge in [-0.2, -0.15) is 0 Å². The highest BCUT2D eigenvalue weighted by Gasteiger charge is 2.37. The summed E-state index contributed by atoms with van der Waals surface area (Å²) < 4.78 is 0. The minimum atomic E-state index is -1.14. The lowest BCUT2D eigenvalue weighted by Gasteiger charge is -2.31. The third-order valence-electron chi connectivity index (χ3n) is 6.52. The van der Waals surface area contributed by atoms with Crippen molar-refractivity contribution < 1.29 is 15.0 Å². The van der Waals surface area contributed by atoms with Gasteiger partial charge in [0.2, 0.25) is 0 Å². The Morgan fingerprint density at radius 1 is 0.892 bits per heavy atom. The fraction of sp³-hybridized carbons (Fsp3) is 0.290. The summed E-state index contributed by atoms with van der Waals surface area (Å²) in [5.74, 6) is -0.287. The van der Waals surface area contributed by atoms with Crippen LogP contribution in [-0.2, 0) is 4.79 Å². The van der Waals surface area contributed by atoms with Gasteiger partial charge in [0, 0.05) is 30.6 Å². The maximum atomic E-state index is 12.2. The minimum Gasteiger partial charge on any atom is -0.511 e. The number of nitrogens with one attached hydrogen (secondary N) is 1. The maximum absolute atomic E-state index is 12.2. The van der Waals surface area contributed by atoms with Gasteiger partial charge < -0.3 is 15.5 Å². The number of anilines is 1. The number of aliphatic hydroxyl groups excluding tert-OH is 2. The number of ketones is 1. The van der Waals surface area contributed by atoms with Crippen LogP contribution in [0.1, 0.15) is 40.5 Å². The standard InChI is InChI=1S/C16H20Si.C15H17NO3S/c1-16(2,3)17(14-10-6-4-7-11-14)15-12-8-5-9-13-15;1-15(9-17)7-11(18)13(12(19)8-15)14(20)16-10-5-3-2-4-6-10/h4-13,17H,1-3H3;2-6,17-18H,7-9H2,1H3,(H,16,20). The Balaban J connectivity index is 0.000000208. The van der Waals surface area contributed by atoms with Gasteiger partial charge in [0.1, 0.15) is 19.5 Å². The molecule has 0 spiro atoms. The highest BCUT2D eigenvalue weighted by Crippen LogP contribution is 2.36.